The molecule has 1 aromatic rings. The van der Waals surface area contributed by atoms with E-state index < -0.39 is 0 Å². The topological polar surface area (TPSA) is 50.9 Å². The summed E-state index contributed by atoms with van der Waals surface area (Å²) in [5, 5.41) is 3.31. The molecule has 0 saturated carbocycles. The van der Waals surface area contributed by atoms with Crippen molar-refractivity contribution >= 4 is 21.7 Å². The second kappa shape index (κ2) is 6.08. The van der Waals surface area contributed by atoms with E-state index in [9.17, 15) is 0 Å². The summed E-state index contributed by atoms with van der Waals surface area (Å²) in [6.07, 6.45) is 2.90. The number of nitrogens with one attached hydrogen (secondary N) is 1. The van der Waals surface area contributed by atoms with Crippen LogP contribution in [-0.2, 0) is 0 Å². The predicted octanol–water partition coefficient (Wildman–Crippen LogP) is 2.55. The molecule has 84 valence electrons. The van der Waals surface area contributed by atoms with Gasteiger partial charge in [-0.3, -0.25) is 0 Å². The van der Waals surface area contributed by atoms with Crippen molar-refractivity contribution in [1.29, 1.82) is 0 Å². The number of halogens is 1. The summed E-state index contributed by atoms with van der Waals surface area (Å²) in [6, 6.07) is 2.06. The first-order chi connectivity index (χ1) is 7.13. The smallest absolute Gasteiger partial charge is 0.140 e. The second-order valence-electron chi connectivity index (χ2n) is 3.91. The molecule has 3 N–H and O–H groups in total. The minimum Gasteiger partial charge on any atom is -0.369 e. The third-order valence-electron chi connectivity index (χ3n) is 2.26. The zero-order valence-corrected chi connectivity index (χ0v) is 10.8. The molecule has 1 heterocycles. The lowest BCUT2D eigenvalue weighted by Crippen LogP contribution is -2.16. The van der Waals surface area contributed by atoms with E-state index in [1.165, 1.54) is 0 Å². The second-order valence-corrected chi connectivity index (χ2v) is 4.76. The summed E-state index contributed by atoms with van der Waals surface area (Å²) in [5.74, 6) is 1.48. The summed E-state index contributed by atoms with van der Waals surface area (Å²) in [4.78, 5) is 4.32. The van der Waals surface area contributed by atoms with Crippen LogP contribution >= 0.6 is 15.9 Å². The molecule has 0 aromatic carbocycles. The van der Waals surface area contributed by atoms with Gasteiger partial charge in [-0.15, -0.1) is 0 Å². The first-order valence-electron chi connectivity index (χ1n) is 5.19. The highest BCUT2D eigenvalue weighted by Crippen LogP contribution is 2.20. The highest BCUT2D eigenvalue weighted by Gasteiger charge is 2.04. The van der Waals surface area contributed by atoms with Crippen LogP contribution in [0.2, 0.25) is 0 Å². The molecule has 0 amide bonds. The summed E-state index contributed by atoms with van der Waals surface area (Å²) >= 11 is 3.49. The van der Waals surface area contributed by atoms with Gasteiger partial charge in [-0.05, 0) is 53.4 Å². The zero-order chi connectivity index (χ0) is 11.3. The van der Waals surface area contributed by atoms with E-state index in [0.29, 0.717) is 5.92 Å². The number of aromatic nitrogens is 1. The molecular weight excluding hydrogens is 254 g/mol. The van der Waals surface area contributed by atoms with Crippen molar-refractivity contribution in [2.45, 2.75) is 20.3 Å². The van der Waals surface area contributed by atoms with E-state index in [-0.39, 0.29) is 0 Å². The van der Waals surface area contributed by atoms with Gasteiger partial charge in [-0.25, -0.2) is 4.98 Å². The van der Waals surface area contributed by atoms with Crippen LogP contribution in [0.1, 0.15) is 18.9 Å². The summed E-state index contributed by atoms with van der Waals surface area (Å²) < 4.78 is 1.02. The molecule has 3 nitrogen and oxygen atoms in total. The maximum Gasteiger partial charge on any atom is 0.140 e. The largest absolute Gasteiger partial charge is 0.369 e. The normalized spacial score (nSPS) is 12.5. The molecule has 1 unspecified atom stereocenters. The molecule has 0 saturated heterocycles. The van der Waals surface area contributed by atoms with Crippen molar-refractivity contribution in [1.82, 2.24) is 4.98 Å². The van der Waals surface area contributed by atoms with Crippen molar-refractivity contribution in [3.8, 4) is 0 Å². The zero-order valence-electron chi connectivity index (χ0n) is 9.26. The Morgan fingerprint density at radius 2 is 2.33 bits per heavy atom. The maximum absolute atomic E-state index is 5.50. The maximum atomic E-state index is 5.50. The van der Waals surface area contributed by atoms with Crippen LogP contribution in [0, 0.1) is 12.8 Å². The lowest BCUT2D eigenvalue weighted by Gasteiger charge is -2.13. The minimum absolute atomic E-state index is 0.574. The van der Waals surface area contributed by atoms with Gasteiger partial charge in [-0.2, -0.15) is 0 Å². The van der Waals surface area contributed by atoms with Gasteiger partial charge in [0, 0.05) is 12.7 Å². The van der Waals surface area contributed by atoms with E-state index in [4.69, 9.17) is 5.73 Å². The van der Waals surface area contributed by atoms with Crippen molar-refractivity contribution < 1.29 is 0 Å². The average Bonchev–Trinajstić information content (AvgIpc) is 2.17. The molecule has 0 aliphatic heterocycles. The molecule has 0 spiro atoms. The molecule has 0 bridgehead atoms. The lowest BCUT2D eigenvalue weighted by molar-refractivity contribution is 0.567. The van der Waals surface area contributed by atoms with E-state index in [1.54, 1.807) is 0 Å². The molecule has 0 radical (unpaired) electrons. The fourth-order valence-electron chi connectivity index (χ4n) is 1.32. The van der Waals surface area contributed by atoms with Crippen molar-refractivity contribution in [2.24, 2.45) is 11.7 Å². The first kappa shape index (κ1) is 12.5. The van der Waals surface area contributed by atoms with E-state index in [1.807, 2.05) is 13.1 Å². The number of hydrogen-bond donors (Lipinski definition) is 2. The molecule has 1 aromatic heterocycles. The quantitative estimate of drug-likeness (QED) is 0.866. The standard InChI is InChI=1S/C11H18BrN3/c1-8(3-4-13)6-14-11-10(12)5-9(2)7-15-11/h5,7-8H,3-4,6,13H2,1-2H3,(H,14,15). The van der Waals surface area contributed by atoms with Crippen LogP contribution in [0.25, 0.3) is 0 Å². The minimum atomic E-state index is 0.574. The number of pyridine rings is 1. The summed E-state index contributed by atoms with van der Waals surface area (Å²) in [5.41, 5.74) is 6.65. The Labute approximate surface area is 99.6 Å². The summed E-state index contributed by atoms with van der Waals surface area (Å²) in [7, 11) is 0. The van der Waals surface area contributed by atoms with Crippen molar-refractivity contribution in [2.75, 3.05) is 18.4 Å². The van der Waals surface area contributed by atoms with E-state index in [2.05, 4.69) is 39.2 Å². The average molecular weight is 272 g/mol. The monoisotopic (exact) mass is 271 g/mol. The third-order valence-corrected chi connectivity index (χ3v) is 2.86. The molecule has 0 aliphatic carbocycles. The first-order valence-corrected chi connectivity index (χ1v) is 5.99. The van der Waals surface area contributed by atoms with Gasteiger partial charge < -0.3 is 11.1 Å². The highest BCUT2D eigenvalue weighted by atomic mass is 79.9. The van der Waals surface area contributed by atoms with Crippen LogP contribution in [0.5, 0.6) is 0 Å². The van der Waals surface area contributed by atoms with Gasteiger partial charge in [0.1, 0.15) is 5.82 Å². The number of nitrogens with zero attached hydrogens (tertiary/aromatic N) is 1. The molecule has 1 rings (SSSR count). The fraction of sp³-hybridized carbons (Fsp3) is 0.545. The van der Waals surface area contributed by atoms with Gasteiger partial charge in [-0.1, -0.05) is 6.92 Å². The van der Waals surface area contributed by atoms with Gasteiger partial charge in [0.05, 0.1) is 4.47 Å². The predicted molar refractivity (Wildman–Crippen MR) is 68.0 cm³/mol. The molecule has 15 heavy (non-hydrogen) atoms. The molecule has 0 fully saturated rings. The summed E-state index contributed by atoms with van der Waals surface area (Å²) in [6.45, 7) is 5.86. The number of hydrogen-bond acceptors (Lipinski definition) is 3. The Morgan fingerprint density at radius 1 is 1.60 bits per heavy atom. The Kier molecular flexibility index (Phi) is 5.05. The van der Waals surface area contributed by atoms with Crippen LogP contribution in [0.3, 0.4) is 0 Å². The van der Waals surface area contributed by atoms with E-state index >= 15 is 0 Å². The highest BCUT2D eigenvalue weighted by molar-refractivity contribution is 9.10. The Balaban J connectivity index is 2.50. The van der Waals surface area contributed by atoms with Gasteiger partial charge in [0.15, 0.2) is 0 Å². The third kappa shape index (κ3) is 4.18. The lowest BCUT2D eigenvalue weighted by atomic mass is 10.1. The SMILES string of the molecule is Cc1cnc(NCC(C)CCN)c(Br)c1. The van der Waals surface area contributed by atoms with E-state index in [0.717, 1.165) is 35.4 Å². The van der Waals surface area contributed by atoms with Crippen molar-refractivity contribution in [3.05, 3.63) is 22.3 Å². The molecule has 1 atom stereocenters. The van der Waals surface area contributed by atoms with Crippen LogP contribution < -0.4 is 11.1 Å². The van der Waals surface area contributed by atoms with Crippen LogP contribution in [0.15, 0.2) is 16.7 Å². The number of nitrogens with two attached hydrogens (primary N) is 1. The van der Waals surface area contributed by atoms with Gasteiger partial charge >= 0.3 is 0 Å². The van der Waals surface area contributed by atoms with Crippen LogP contribution in [-0.4, -0.2) is 18.1 Å². The molecule has 0 aliphatic rings. The number of aryl methyl sites for hydroxylation is 1. The van der Waals surface area contributed by atoms with Crippen molar-refractivity contribution in [3.63, 3.8) is 0 Å². The van der Waals surface area contributed by atoms with Gasteiger partial charge in [0.2, 0.25) is 0 Å². The van der Waals surface area contributed by atoms with Crippen LogP contribution in [0.4, 0.5) is 5.82 Å². The molecule has 4 heteroatoms. The fourth-order valence-corrected chi connectivity index (χ4v) is 1.92. The molecular formula is C11H18BrN3. The number of anilines is 1. The van der Waals surface area contributed by atoms with Gasteiger partial charge in [0.25, 0.3) is 0 Å². The Bertz CT molecular complexity index is 315. The number of rotatable bonds is 5. The Morgan fingerprint density at radius 3 is 2.93 bits per heavy atom. The Hall–Kier alpha value is -0.610.